The summed E-state index contributed by atoms with van der Waals surface area (Å²) in [4.78, 5) is 17.5. The van der Waals surface area contributed by atoms with Crippen LogP contribution < -0.4 is 5.32 Å². The van der Waals surface area contributed by atoms with E-state index in [4.69, 9.17) is 23.2 Å². The first kappa shape index (κ1) is 33.7. The molecule has 0 spiro atoms. The second kappa shape index (κ2) is 13.3. The van der Waals surface area contributed by atoms with E-state index in [1.54, 1.807) is 6.92 Å². The second-order valence-corrected chi connectivity index (χ2v) is 9.60. The fourth-order valence-corrected chi connectivity index (χ4v) is 4.50. The smallest absolute Gasteiger partial charge is 0.337 e. The van der Waals surface area contributed by atoms with Gasteiger partial charge in [-0.25, -0.2) is 18.2 Å². The van der Waals surface area contributed by atoms with Gasteiger partial charge in [-0.1, -0.05) is 41.4 Å². The van der Waals surface area contributed by atoms with Crippen molar-refractivity contribution < 1.29 is 44.3 Å². The van der Waals surface area contributed by atoms with Crippen molar-refractivity contribution in [2.24, 2.45) is 4.99 Å². The van der Waals surface area contributed by atoms with E-state index in [-0.39, 0.29) is 28.4 Å². The molecule has 0 saturated heterocycles. The fraction of sp³-hybridized carbons (Fsp3) is 0.172. The first-order valence-electron chi connectivity index (χ1n) is 12.0. The molecule has 0 saturated carbocycles. The lowest BCUT2D eigenvalue weighted by atomic mass is 9.79. The number of hydrogen-bond acceptors (Lipinski definition) is 2. The standard InChI is InChI=1S/C29H19Cl2F9N2O/c1-2-3-4-25(41-15-30)27(14-17-5-7-20(32)13-23(17)31,18-10-19(28(35,36)37)12-21(33)11-18)42-26(43)16-6-8-24(34)22(9-16)29(38,39)40/h2-13,15H,14H2,1H3,(H,42,43)/b3-2+,25-4-,41-15?/t27-/m1/s1. The second-order valence-electron chi connectivity index (χ2n) is 9.00. The van der Waals surface area contributed by atoms with Gasteiger partial charge in [0.2, 0.25) is 0 Å². The largest absolute Gasteiger partial charge is 0.419 e. The maximum absolute atomic E-state index is 14.8. The van der Waals surface area contributed by atoms with Crippen LogP contribution in [0.3, 0.4) is 0 Å². The minimum atomic E-state index is -5.21. The molecule has 0 aliphatic rings. The Morgan fingerprint density at radius 3 is 2.14 bits per heavy atom. The minimum absolute atomic E-state index is 0.00687. The number of alkyl halides is 6. The van der Waals surface area contributed by atoms with E-state index in [2.05, 4.69) is 10.3 Å². The Hall–Kier alpha value is -3.77. The zero-order chi connectivity index (χ0) is 32.2. The minimum Gasteiger partial charge on any atom is -0.337 e. The number of benzene rings is 3. The monoisotopic (exact) mass is 652 g/mol. The van der Waals surface area contributed by atoms with Crippen LogP contribution in [-0.2, 0) is 24.3 Å². The molecule has 0 radical (unpaired) electrons. The topological polar surface area (TPSA) is 41.5 Å². The van der Waals surface area contributed by atoms with Gasteiger partial charge in [0.05, 0.1) is 22.5 Å². The summed E-state index contributed by atoms with van der Waals surface area (Å²) in [7, 11) is 0. The van der Waals surface area contributed by atoms with Crippen LogP contribution in [0.15, 0.2) is 83.5 Å². The number of carbonyl (C=O) groups excluding carboxylic acids is 1. The van der Waals surface area contributed by atoms with E-state index in [1.165, 1.54) is 18.2 Å². The van der Waals surface area contributed by atoms with Gasteiger partial charge in [0.1, 0.15) is 23.0 Å². The summed E-state index contributed by atoms with van der Waals surface area (Å²) < 4.78 is 124. The molecule has 3 aromatic carbocycles. The third kappa shape index (κ3) is 7.99. The fourth-order valence-electron chi connectivity index (χ4n) is 4.16. The molecule has 0 unspecified atom stereocenters. The summed E-state index contributed by atoms with van der Waals surface area (Å²) in [6, 6.07) is 5.59. The van der Waals surface area contributed by atoms with Crippen molar-refractivity contribution in [3.05, 3.63) is 129 Å². The van der Waals surface area contributed by atoms with Gasteiger partial charge in [-0.2, -0.15) is 26.3 Å². The normalized spacial score (nSPS) is 14.4. The summed E-state index contributed by atoms with van der Waals surface area (Å²) in [5, 5.41) is 2.10. The van der Waals surface area contributed by atoms with Crippen LogP contribution in [0.4, 0.5) is 39.5 Å². The Morgan fingerprint density at radius 1 is 0.884 bits per heavy atom. The average Bonchev–Trinajstić information content (AvgIpc) is 2.90. The molecule has 228 valence electrons. The molecular weight excluding hydrogens is 634 g/mol. The molecule has 3 rings (SSSR count). The Labute approximate surface area is 249 Å². The molecule has 0 aliphatic carbocycles. The van der Waals surface area contributed by atoms with Gasteiger partial charge < -0.3 is 5.32 Å². The summed E-state index contributed by atoms with van der Waals surface area (Å²) in [6.07, 6.45) is -6.92. The number of aliphatic imine (C=N–C) groups is 1. The lowest BCUT2D eigenvalue weighted by molar-refractivity contribution is -0.140. The summed E-state index contributed by atoms with van der Waals surface area (Å²) in [5.41, 5.74) is -6.59. The average molecular weight is 653 g/mol. The van der Waals surface area contributed by atoms with Gasteiger partial charge in [-0.05, 0) is 72.7 Å². The quantitative estimate of drug-likeness (QED) is 0.147. The molecule has 1 amide bonds. The number of carbonyl (C=O) groups is 1. The van der Waals surface area contributed by atoms with E-state index >= 15 is 0 Å². The van der Waals surface area contributed by atoms with Gasteiger partial charge in [0, 0.05) is 17.0 Å². The highest BCUT2D eigenvalue weighted by atomic mass is 35.5. The molecule has 0 aliphatic heterocycles. The Balaban J connectivity index is 2.43. The van der Waals surface area contributed by atoms with Crippen molar-refractivity contribution in [3.63, 3.8) is 0 Å². The van der Waals surface area contributed by atoms with E-state index in [9.17, 15) is 44.3 Å². The van der Waals surface area contributed by atoms with Gasteiger partial charge in [-0.15, -0.1) is 0 Å². The van der Waals surface area contributed by atoms with Crippen LogP contribution in [0.2, 0.25) is 5.02 Å². The van der Waals surface area contributed by atoms with Crippen molar-refractivity contribution in [2.75, 3.05) is 0 Å². The van der Waals surface area contributed by atoms with Crippen LogP contribution in [0, 0.1) is 17.5 Å². The Morgan fingerprint density at radius 2 is 1.56 bits per heavy atom. The lowest BCUT2D eigenvalue weighted by Gasteiger charge is -2.37. The predicted octanol–water partition coefficient (Wildman–Crippen LogP) is 9.39. The van der Waals surface area contributed by atoms with E-state index in [0.717, 1.165) is 18.2 Å². The molecule has 1 atom stereocenters. The summed E-state index contributed by atoms with van der Waals surface area (Å²) in [5.74, 6) is -5.22. The summed E-state index contributed by atoms with van der Waals surface area (Å²) in [6.45, 7) is 1.55. The zero-order valence-corrected chi connectivity index (χ0v) is 23.2. The number of rotatable bonds is 8. The Kier molecular flexibility index (Phi) is 10.4. The van der Waals surface area contributed by atoms with Crippen LogP contribution in [0.5, 0.6) is 0 Å². The van der Waals surface area contributed by atoms with Crippen LogP contribution in [0.1, 0.15) is 39.5 Å². The molecule has 43 heavy (non-hydrogen) atoms. The first-order chi connectivity index (χ1) is 20.0. The van der Waals surface area contributed by atoms with Crippen LogP contribution >= 0.6 is 23.2 Å². The van der Waals surface area contributed by atoms with Crippen molar-refractivity contribution in [1.82, 2.24) is 5.32 Å². The third-order valence-electron chi connectivity index (χ3n) is 6.12. The molecule has 0 aromatic heterocycles. The molecule has 0 bridgehead atoms. The van der Waals surface area contributed by atoms with Crippen molar-refractivity contribution >= 4 is 34.8 Å². The SMILES string of the molecule is C/C=C/C=C(\N=CCl)[C@](Cc1ccc(F)cc1Cl)(NC(=O)c1ccc(F)c(C(F)(F)F)c1)c1cc(F)cc(C(F)(F)F)c1. The highest BCUT2D eigenvalue weighted by molar-refractivity contribution is 6.56. The van der Waals surface area contributed by atoms with Crippen molar-refractivity contribution in [2.45, 2.75) is 31.2 Å². The molecule has 0 fully saturated rings. The highest BCUT2D eigenvalue weighted by Gasteiger charge is 2.42. The number of amides is 1. The van der Waals surface area contributed by atoms with Gasteiger partial charge in [-0.3, -0.25) is 4.79 Å². The molecule has 1 N–H and O–H groups in total. The van der Waals surface area contributed by atoms with Gasteiger partial charge in [0.15, 0.2) is 0 Å². The van der Waals surface area contributed by atoms with Crippen LogP contribution in [0.25, 0.3) is 0 Å². The Bertz CT molecular complexity index is 1600. The molecule has 3 aromatic rings. The highest BCUT2D eigenvalue weighted by Crippen LogP contribution is 2.40. The number of nitrogens with zero attached hydrogens (tertiary/aromatic N) is 1. The lowest BCUT2D eigenvalue weighted by Crippen LogP contribution is -2.49. The first-order valence-corrected chi connectivity index (χ1v) is 12.8. The third-order valence-corrected chi connectivity index (χ3v) is 6.57. The number of allylic oxidation sites excluding steroid dienone is 3. The van der Waals surface area contributed by atoms with Crippen molar-refractivity contribution in [3.8, 4) is 0 Å². The van der Waals surface area contributed by atoms with Crippen LogP contribution in [-0.4, -0.2) is 11.6 Å². The number of hydrogen-bond donors (Lipinski definition) is 1. The number of nitrogens with one attached hydrogen (secondary N) is 1. The molecule has 3 nitrogen and oxygen atoms in total. The number of halogens is 11. The van der Waals surface area contributed by atoms with Gasteiger partial charge in [0.25, 0.3) is 5.91 Å². The maximum Gasteiger partial charge on any atom is 0.419 e. The van der Waals surface area contributed by atoms with E-state index < -0.39 is 69.9 Å². The molecule has 14 heteroatoms. The van der Waals surface area contributed by atoms with E-state index in [1.807, 2.05) is 0 Å². The molecule has 0 heterocycles. The zero-order valence-electron chi connectivity index (χ0n) is 21.7. The summed E-state index contributed by atoms with van der Waals surface area (Å²) >= 11 is 11.9. The van der Waals surface area contributed by atoms with Crippen molar-refractivity contribution in [1.29, 1.82) is 0 Å². The molecular formula is C29H19Cl2F9N2O. The maximum atomic E-state index is 14.8. The predicted molar refractivity (Wildman–Crippen MR) is 144 cm³/mol. The van der Waals surface area contributed by atoms with Gasteiger partial charge >= 0.3 is 12.4 Å². The van der Waals surface area contributed by atoms with E-state index in [0.29, 0.717) is 29.9 Å².